The first-order valence-electron chi connectivity index (χ1n) is 8.65. The van der Waals surface area contributed by atoms with Gasteiger partial charge in [-0.2, -0.15) is 0 Å². The van der Waals surface area contributed by atoms with Gasteiger partial charge in [0.15, 0.2) is 0 Å². The number of ether oxygens (including phenoxy) is 1. The molecule has 26 heavy (non-hydrogen) atoms. The minimum absolute atomic E-state index is 0.260. The number of rotatable bonds is 5. The molecule has 0 radical (unpaired) electrons. The van der Waals surface area contributed by atoms with Crippen molar-refractivity contribution in [3.8, 4) is 11.5 Å². The van der Waals surface area contributed by atoms with E-state index in [0.717, 1.165) is 36.3 Å². The number of carbonyl (C=O) groups is 1. The number of amides is 1. The van der Waals surface area contributed by atoms with Gasteiger partial charge in [0.2, 0.25) is 5.91 Å². The van der Waals surface area contributed by atoms with Crippen molar-refractivity contribution in [3.63, 3.8) is 0 Å². The molecule has 1 heterocycles. The molecule has 0 aliphatic carbocycles. The Morgan fingerprint density at radius 2 is 1.85 bits per heavy atom. The van der Waals surface area contributed by atoms with Crippen LogP contribution in [0.1, 0.15) is 38.2 Å². The van der Waals surface area contributed by atoms with Crippen LogP contribution >= 0.6 is 23.4 Å². The molecule has 2 N–H and O–H groups in total. The van der Waals surface area contributed by atoms with Crippen LogP contribution in [-0.2, 0) is 9.54 Å². The van der Waals surface area contributed by atoms with E-state index in [1.165, 1.54) is 0 Å². The van der Waals surface area contributed by atoms with E-state index < -0.39 is 0 Å². The third kappa shape index (κ3) is 4.53. The molecule has 0 bridgehead atoms. The normalized spacial score (nSPS) is 22.7. The van der Waals surface area contributed by atoms with Crippen molar-refractivity contribution in [2.24, 2.45) is 0 Å². The number of hydroxylamine groups is 1. The maximum absolute atomic E-state index is 11.9. The summed E-state index contributed by atoms with van der Waals surface area (Å²) in [6, 6.07) is 15.1. The lowest BCUT2D eigenvalue weighted by molar-refractivity contribution is -0.129. The molecule has 2 atom stereocenters. The van der Waals surface area contributed by atoms with Crippen LogP contribution < -0.4 is 10.2 Å². The van der Waals surface area contributed by atoms with E-state index in [1.54, 1.807) is 17.6 Å². The highest BCUT2D eigenvalue weighted by molar-refractivity contribution is 8.00. The molecule has 2 aromatic rings. The molecular formula is C20H22ClNO3S. The quantitative estimate of drug-likeness (QED) is 0.519. The fourth-order valence-corrected chi connectivity index (χ4v) is 5.32. The summed E-state index contributed by atoms with van der Waals surface area (Å²) in [5.74, 6) is 1.09. The second-order valence-electron chi connectivity index (χ2n) is 6.61. The van der Waals surface area contributed by atoms with E-state index in [2.05, 4.69) is 6.92 Å². The van der Waals surface area contributed by atoms with E-state index in [0.29, 0.717) is 10.3 Å². The summed E-state index contributed by atoms with van der Waals surface area (Å²) in [4.78, 5) is 11.9. The van der Waals surface area contributed by atoms with Gasteiger partial charge in [-0.05, 0) is 54.8 Å². The Morgan fingerprint density at radius 3 is 2.42 bits per heavy atom. The maximum atomic E-state index is 11.9. The fraction of sp³-hybridized carbons (Fsp3) is 0.350. The molecule has 3 rings (SSSR count). The highest BCUT2D eigenvalue weighted by atomic mass is 35.5. The number of halogens is 1. The summed E-state index contributed by atoms with van der Waals surface area (Å²) in [5, 5.41) is 10.1. The summed E-state index contributed by atoms with van der Waals surface area (Å²) >= 11 is 7.71. The second kappa shape index (κ2) is 8.33. The van der Waals surface area contributed by atoms with Gasteiger partial charge in [-0.25, -0.2) is 5.48 Å². The Morgan fingerprint density at radius 1 is 1.23 bits per heavy atom. The lowest BCUT2D eigenvalue weighted by atomic mass is 9.88. The zero-order valence-electron chi connectivity index (χ0n) is 14.6. The Labute approximate surface area is 162 Å². The first kappa shape index (κ1) is 19.1. The van der Waals surface area contributed by atoms with Crippen molar-refractivity contribution in [2.75, 3.05) is 0 Å². The SMILES string of the molecule is CC1CCCC(CC(=O)NO)(c2ccc(Oc3ccc(Cl)cc3)cc2)S1. The number of carbonyl (C=O) groups excluding carboxylic acids is 1. The molecule has 1 amide bonds. The van der Waals surface area contributed by atoms with Crippen molar-refractivity contribution in [1.82, 2.24) is 5.48 Å². The predicted octanol–water partition coefficient (Wildman–Crippen LogP) is 5.53. The van der Waals surface area contributed by atoms with Crippen molar-refractivity contribution >= 4 is 29.3 Å². The average molecular weight is 392 g/mol. The van der Waals surface area contributed by atoms with Crippen LogP contribution in [0, 0.1) is 0 Å². The largest absolute Gasteiger partial charge is 0.457 e. The van der Waals surface area contributed by atoms with Gasteiger partial charge in [0, 0.05) is 21.4 Å². The zero-order chi connectivity index (χ0) is 18.6. The smallest absolute Gasteiger partial charge is 0.245 e. The van der Waals surface area contributed by atoms with Crippen LogP contribution in [-0.4, -0.2) is 16.4 Å². The summed E-state index contributed by atoms with van der Waals surface area (Å²) < 4.78 is 5.53. The van der Waals surface area contributed by atoms with Gasteiger partial charge in [-0.3, -0.25) is 10.0 Å². The van der Waals surface area contributed by atoms with Gasteiger partial charge in [-0.1, -0.05) is 37.1 Å². The van der Waals surface area contributed by atoms with Gasteiger partial charge >= 0.3 is 0 Å². The second-order valence-corrected chi connectivity index (χ2v) is 8.87. The van der Waals surface area contributed by atoms with Crippen LogP contribution in [0.3, 0.4) is 0 Å². The number of hydrogen-bond acceptors (Lipinski definition) is 4. The van der Waals surface area contributed by atoms with Gasteiger partial charge in [-0.15, -0.1) is 11.8 Å². The summed E-state index contributed by atoms with van der Waals surface area (Å²) in [6.07, 6.45) is 3.38. The molecule has 0 saturated carbocycles. The molecule has 1 aliphatic rings. The first-order valence-corrected chi connectivity index (χ1v) is 9.91. The van der Waals surface area contributed by atoms with Gasteiger partial charge in [0.1, 0.15) is 11.5 Å². The summed E-state index contributed by atoms with van der Waals surface area (Å²) in [5.41, 5.74) is 2.87. The highest BCUT2D eigenvalue weighted by Gasteiger charge is 2.39. The lowest BCUT2D eigenvalue weighted by Gasteiger charge is -2.39. The molecule has 6 heteroatoms. The van der Waals surface area contributed by atoms with Crippen molar-refractivity contribution in [2.45, 2.75) is 42.6 Å². The Kier molecular flexibility index (Phi) is 6.12. The van der Waals surface area contributed by atoms with Crippen molar-refractivity contribution < 1.29 is 14.7 Å². The fourth-order valence-electron chi connectivity index (χ4n) is 3.39. The maximum Gasteiger partial charge on any atom is 0.245 e. The number of nitrogens with one attached hydrogen (secondary N) is 1. The van der Waals surface area contributed by atoms with Gasteiger partial charge in [0.05, 0.1) is 0 Å². The van der Waals surface area contributed by atoms with Crippen LogP contribution in [0.2, 0.25) is 5.02 Å². The van der Waals surface area contributed by atoms with Crippen LogP contribution in [0.15, 0.2) is 48.5 Å². The summed E-state index contributed by atoms with van der Waals surface area (Å²) in [6.45, 7) is 2.19. The van der Waals surface area contributed by atoms with E-state index in [9.17, 15) is 4.79 Å². The first-order chi connectivity index (χ1) is 12.5. The molecule has 0 aromatic heterocycles. The van der Waals surface area contributed by atoms with E-state index in [4.69, 9.17) is 21.5 Å². The standard InChI is InChI=1S/C20H22ClNO3S/c1-14-3-2-12-20(26-14,13-19(23)22-24)15-4-8-17(9-5-15)25-18-10-6-16(21)7-11-18/h4-11,14,24H,2-3,12-13H2,1H3,(H,22,23). The zero-order valence-corrected chi connectivity index (χ0v) is 16.1. The molecule has 1 saturated heterocycles. The van der Waals surface area contributed by atoms with Crippen LogP contribution in [0.25, 0.3) is 0 Å². The van der Waals surface area contributed by atoms with Crippen molar-refractivity contribution in [3.05, 3.63) is 59.1 Å². The van der Waals surface area contributed by atoms with Crippen molar-refractivity contribution in [1.29, 1.82) is 0 Å². The van der Waals surface area contributed by atoms with Gasteiger partial charge in [0.25, 0.3) is 0 Å². The lowest BCUT2D eigenvalue weighted by Crippen LogP contribution is -2.35. The molecule has 4 nitrogen and oxygen atoms in total. The Bertz CT molecular complexity index is 751. The third-order valence-corrected chi connectivity index (χ3v) is 6.54. The minimum atomic E-state index is -0.354. The van der Waals surface area contributed by atoms with Crippen LogP contribution in [0.4, 0.5) is 0 Å². The number of hydrogen-bond donors (Lipinski definition) is 2. The third-order valence-electron chi connectivity index (χ3n) is 4.62. The highest BCUT2D eigenvalue weighted by Crippen LogP contribution is 2.50. The van der Waals surface area contributed by atoms with Crippen LogP contribution in [0.5, 0.6) is 11.5 Å². The molecule has 1 aliphatic heterocycles. The predicted molar refractivity (Wildman–Crippen MR) is 105 cm³/mol. The Balaban J connectivity index is 1.81. The van der Waals surface area contributed by atoms with E-state index in [-0.39, 0.29) is 17.1 Å². The number of benzene rings is 2. The average Bonchev–Trinajstić information content (AvgIpc) is 2.64. The summed E-state index contributed by atoms with van der Waals surface area (Å²) in [7, 11) is 0. The topological polar surface area (TPSA) is 58.6 Å². The molecular weight excluding hydrogens is 370 g/mol. The molecule has 2 unspecified atom stereocenters. The molecule has 2 aromatic carbocycles. The van der Waals surface area contributed by atoms with E-state index in [1.807, 2.05) is 48.2 Å². The minimum Gasteiger partial charge on any atom is -0.457 e. The number of thioether (sulfide) groups is 1. The molecule has 1 fully saturated rings. The molecule has 0 spiro atoms. The monoisotopic (exact) mass is 391 g/mol. The van der Waals surface area contributed by atoms with Gasteiger partial charge < -0.3 is 4.74 Å². The molecule has 138 valence electrons. The van der Waals surface area contributed by atoms with E-state index >= 15 is 0 Å². The Hall–Kier alpha value is -1.69.